The number of amidine groups is 1. The number of ether oxygens (including phenoxy) is 2. The van der Waals surface area contributed by atoms with Crippen molar-refractivity contribution in [1.29, 1.82) is 0 Å². The number of nitrogens with zero attached hydrogens (tertiary/aromatic N) is 2. The number of thioether (sulfide) groups is 1. The van der Waals surface area contributed by atoms with Crippen molar-refractivity contribution in [2.24, 2.45) is 4.99 Å². The second kappa shape index (κ2) is 11.2. The van der Waals surface area contributed by atoms with Gasteiger partial charge in [0.05, 0.1) is 23.3 Å². The van der Waals surface area contributed by atoms with Crippen LogP contribution in [0.15, 0.2) is 75.0 Å². The Morgan fingerprint density at radius 1 is 1.17 bits per heavy atom. The van der Waals surface area contributed by atoms with E-state index in [0.717, 1.165) is 11.1 Å². The number of hydrogen-bond acceptors (Lipinski definition) is 6. The van der Waals surface area contributed by atoms with Crippen LogP contribution in [0.1, 0.15) is 21.5 Å². The Hall–Kier alpha value is -3.27. The molecule has 0 aliphatic carbocycles. The second-order valence-electron chi connectivity index (χ2n) is 7.63. The Morgan fingerprint density at radius 2 is 1.94 bits per heavy atom. The first-order chi connectivity index (χ1) is 17.3. The monoisotopic (exact) mass is 586 g/mol. The third kappa shape index (κ3) is 5.75. The van der Waals surface area contributed by atoms with Crippen molar-refractivity contribution in [3.8, 4) is 11.5 Å². The summed E-state index contributed by atoms with van der Waals surface area (Å²) >= 11 is 11.0. The number of carbonyl (C=O) groups is 2. The fourth-order valence-electron chi connectivity index (χ4n) is 3.32. The molecule has 10 heteroatoms. The number of likely N-dealkylation sites (N-methyl/N-ethyl adjacent to an activating group) is 1. The zero-order valence-corrected chi connectivity index (χ0v) is 22.4. The van der Waals surface area contributed by atoms with Gasteiger partial charge in [0.2, 0.25) is 0 Å². The maximum atomic E-state index is 12.9. The van der Waals surface area contributed by atoms with Crippen molar-refractivity contribution in [2.75, 3.05) is 14.2 Å². The molecule has 36 heavy (non-hydrogen) atoms. The molecular formula is C26H20BrClN2O5S. The minimum atomic E-state index is -1.04. The summed E-state index contributed by atoms with van der Waals surface area (Å²) in [5.41, 5.74) is 2.13. The van der Waals surface area contributed by atoms with Crippen LogP contribution in [-0.4, -0.2) is 41.2 Å². The quantitative estimate of drug-likeness (QED) is 0.313. The molecule has 1 aliphatic rings. The number of hydrogen-bond donors (Lipinski definition) is 1. The lowest BCUT2D eigenvalue weighted by Gasteiger charge is -2.13. The number of amides is 1. The molecule has 7 nitrogen and oxygen atoms in total. The van der Waals surface area contributed by atoms with E-state index in [-0.39, 0.29) is 18.1 Å². The van der Waals surface area contributed by atoms with Gasteiger partial charge in [0.1, 0.15) is 6.61 Å². The van der Waals surface area contributed by atoms with Gasteiger partial charge in [-0.25, -0.2) is 9.79 Å². The molecule has 1 N–H and O–H groups in total. The van der Waals surface area contributed by atoms with Gasteiger partial charge in [0, 0.05) is 22.1 Å². The summed E-state index contributed by atoms with van der Waals surface area (Å²) in [7, 11) is 3.17. The molecule has 0 spiro atoms. The van der Waals surface area contributed by atoms with Gasteiger partial charge in [-0.15, -0.1) is 0 Å². The van der Waals surface area contributed by atoms with E-state index in [1.165, 1.54) is 28.8 Å². The summed E-state index contributed by atoms with van der Waals surface area (Å²) in [6.45, 7) is 0.269. The van der Waals surface area contributed by atoms with E-state index in [1.807, 2.05) is 18.2 Å². The number of benzene rings is 3. The largest absolute Gasteiger partial charge is 0.493 e. The van der Waals surface area contributed by atoms with Gasteiger partial charge in [0.25, 0.3) is 5.91 Å². The van der Waals surface area contributed by atoms with E-state index < -0.39 is 5.97 Å². The highest BCUT2D eigenvalue weighted by molar-refractivity contribution is 9.10. The van der Waals surface area contributed by atoms with Gasteiger partial charge in [-0.2, -0.15) is 0 Å². The third-order valence-electron chi connectivity index (χ3n) is 5.23. The Labute approximate surface area is 225 Å². The molecule has 1 aliphatic heterocycles. The molecule has 0 aromatic heterocycles. The number of aliphatic imine (C=N–C) groups is 1. The summed E-state index contributed by atoms with van der Waals surface area (Å²) in [6, 6.07) is 17.2. The van der Waals surface area contributed by atoms with Gasteiger partial charge < -0.3 is 14.6 Å². The maximum Gasteiger partial charge on any atom is 0.335 e. The number of carboxylic acid groups (broad SMARTS) is 1. The van der Waals surface area contributed by atoms with Crippen molar-refractivity contribution in [3.63, 3.8) is 0 Å². The van der Waals surface area contributed by atoms with Crippen LogP contribution in [0.5, 0.6) is 11.5 Å². The summed E-state index contributed by atoms with van der Waals surface area (Å²) in [4.78, 5) is 30.5. The highest BCUT2D eigenvalue weighted by atomic mass is 79.9. The van der Waals surface area contributed by atoms with Gasteiger partial charge in [-0.05, 0) is 59.8 Å². The lowest BCUT2D eigenvalue weighted by Crippen LogP contribution is -2.23. The molecule has 184 valence electrons. The van der Waals surface area contributed by atoms with Crippen LogP contribution in [-0.2, 0) is 11.4 Å². The molecule has 0 unspecified atom stereocenters. The number of carbonyl (C=O) groups excluding carboxylic acids is 1. The van der Waals surface area contributed by atoms with E-state index in [4.69, 9.17) is 21.1 Å². The molecule has 1 heterocycles. The molecule has 4 rings (SSSR count). The molecule has 0 saturated carbocycles. The number of rotatable bonds is 7. The van der Waals surface area contributed by atoms with Crippen molar-refractivity contribution in [1.82, 2.24) is 4.90 Å². The molecule has 3 aromatic rings. The first-order valence-electron chi connectivity index (χ1n) is 10.6. The van der Waals surface area contributed by atoms with Crippen LogP contribution in [0.2, 0.25) is 5.02 Å². The Balaban J connectivity index is 1.58. The average molecular weight is 588 g/mol. The van der Waals surface area contributed by atoms with Crippen LogP contribution in [0.3, 0.4) is 0 Å². The standard InChI is InChI=1S/C26H20BrClN2O5S/c1-30-24(31)23(36-26(30)29-18-8-5-7-15(10-18)25(32)33)12-17-11-21(34-2)22(13-19(17)27)35-14-16-6-3-4-9-20(16)28/h3-13H,14H2,1-2H3,(H,32,33)/b23-12-,29-26?. The summed E-state index contributed by atoms with van der Waals surface area (Å²) in [5, 5.41) is 10.3. The third-order valence-corrected chi connectivity index (χ3v) is 7.35. The minimum absolute atomic E-state index is 0.123. The Kier molecular flexibility index (Phi) is 8.03. The normalized spacial score (nSPS) is 15.6. The van der Waals surface area contributed by atoms with Crippen molar-refractivity contribution < 1.29 is 24.2 Å². The van der Waals surface area contributed by atoms with Crippen LogP contribution in [0, 0.1) is 0 Å². The van der Waals surface area contributed by atoms with Gasteiger partial charge in [-0.1, -0.05) is 51.8 Å². The number of halogens is 2. The predicted molar refractivity (Wildman–Crippen MR) is 145 cm³/mol. The molecule has 0 bridgehead atoms. The summed E-state index contributed by atoms with van der Waals surface area (Å²) in [5.74, 6) is -0.243. The number of methoxy groups -OCH3 is 1. The predicted octanol–water partition coefficient (Wildman–Crippen LogP) is 6.62. The van der Waals surface area contributed by atoms with E-state index in [9.17, 15) is 14.7 Å². The highest BCUT2D eigenvalue weighted by Crippen LogP contribution is 2.38. The molecule has 1 amide bonds. The van der Waals surface area contributed by atoms with Crippen LogP contribution in [0.25, 0.3) is 6.08 Å². The van der Waals surface area contributed by atoms with Crippen molar-refractivity contribution in [2.45, 2.75) is 6.61 Å². The smallest absolute Gasteiger partial charge is 0.335 e. The minimum Gasteiger partial charge on any atom is -0.493 e. The fraction of sp³-hybridized carbons (Fsp3) is 0.115. The maximum absolute atomic E-state index is 12.9. The van der Waals surface area contributed by atoms with E-state index in [0.29, 0.717) is 36.8 Å². The Bertz CT molecular complexity index is 1410. The first-order valence-corrected chi connectivity index (χ1v) is 12.6. The van der Waals surface area contributed by atoms with E-state index in [2.05, 4.69) is 20.9 Å². The van der Waals surface area contributed by atoms with Crippen molar-refractivity contribution >= 4 is 68.1 Å². The van der Waals surface area contributed by atoms with Gasteiger partial charge in [-0.3, -0.25) is 9.69 Å². The lowest BCUT2D eigenvalue weighted by molar-refractivity contribution is -0.121. The second-order valence-corrected chi connectivity index (χ2v) is 9.90. The average Bonchev–Trinajstić information content (AvgIpc) is 3.12. The Morgan fingerprint density at radius 3 is 2.67 bits per heavy atom. The summed E-state index contributed by atoms with van der Waals surface area (Å²) < 4.78 is 12.2. The van der Waals surface area contributed by atoms with Crippen LogP contribution in [0.4, 0.5) is 5.69 Å². The van der Waals surface area contributed by atoms with Crippen LogP contribution >= 0.6 is 39.3 Å². The van der Waals surface area contributed by atoms with E-state index in [1.54, 1.807) is 50.6 Å². The molecule has 1 saturated heterocycles. The zero-order valence-electron chi connectivity index (χ0n) is 19.2. The van der Waals surface area contributed by atoms with Crippen LogP contribution < -0.4 is 9.47 Å². The molecule has 3 aromatic carbocycles. The topological polar surface area (TPSA) is 88.4 Å². The van der Waals surface area contributed by atoms with Crippen molar-refractivity contribution in [3.05, 3.63) is 91.8 Å². The molecular weight excluding hydrogens is 568 g/mol. The molecule has 0 atom stereocenters. The fourth-order valence-corrected chi connectivity index (χ4v) is 4.92. The van der Waals surface area contributed by atoms with E-state index >= 15 is 0 Å². The lowest BCUT2D eigenvalue weighted by atomic mass is 10.1. The highest BCUT2D eigenvalue weighted by Gasteiger charge is 2.30. The SMILES string of the molecule is COc1cc(/C=C2\SC(=Nc3cccc(C(=O)O)c3)N(C)C2=O)c(Br)cc1OCc1ccccc1Cl. The van der Waals surface area contributed by atoms with Gasteiger partial charge in [0.15, 0.2) is 16.7 Å². The number of carboxylic acids is 1. The first kappa shape index (κ1) is 25.8. The number of aromatic carboxylic acids is 1. The van der Waals surface area contributed by atoms with Gasteiger partial charge >= 0.3 is 5.97 Å². The molecule has 0 radical (unpaired) electrons. The zero-order chi connectivity index (χ0) is 25.8. The molecule has 1 fully saturated rings. The summed E-state index contributed by atoms with van der Waals surface area (Å²) in [6.07, 6.45) is 1.74.